The number of carbonyl (C=O) groups is 1. The average molecular weight is 269 g/mol. The van der Waals surface area contributed by atoms with Crippen molar-refractivity contribution in [1.29, 1.82) is 0 Å². The van der Waals surface area contributed by atoms with Crippen LogP contribution in [0.1, 0.15) is 30.6 Å². The summed E-state index contributed by atoms with van der Waals surface area (Å²) in [5, 5.41) is 9.97. The normalized spacial score (nSPS) is 22.4. The number of piperidine rings is 1. The summed E-state index contributed by atoms with van der Waals surface area (Å²) in [5.74, 6) is -2.09. The Morgan fingerprint density at radius 3 is 2.68 bits per heavy atom. The van der Waals surface area contributed by atoms with Crippen LogP contribution in [0, 0.1) is 17.0 Å². The van der Waals surface area contributed by atoms with Crippen molar-refractivity contribution < 1.29 is 18.7 Å². The Hall–Kier alpha value is -1.49. The van der Waals surface area contributed by atoms with Gasteiger partial charge in [0.05, 0.1) is 11.7 Å². The van der Waals surface area contributed by atoms with Crippen molar-refractivity contribution in [2.24, 2.45) is 5.41 Å². The number of carbonyl (C=O) groups excluding carboxylic acids is 1. The standard InChI is InChI=1S/C14H17F2NO2/c1-14(2)5-6-17(8-12(14)18)13(19)10-4-3-9(15)7-11(10)16/h3-4,7,12,18H,5-6,8H2,1-2H3. The van der Waals surface area contributed by atoms with E-state index in [1.165, 1.54) is 4.90 Å². The number of hydrogen-bond acceptors (Lipinski definition) is 2. The van der Waals surface area contributed by atoms with Crippen LogP contribution in [-0.2, 0) is 0 Å². The molecule has 3 nitrogen and oxygen atoms in total. The van der Waals surface area contributed by atoms with Gasteiger partial charge < -0.3 is 10.0 Å². The van der Waals surface area contributed by atoms with Crippen molar-refractivity contribution in [2.75, 3.05) is 13.1 Å². The van der Waals surface area contributed by atoms with Gasteiger partial charge in [0.25, 0.3) is 5.91 Å². The summed E-state index contributed by atoms with van der Waals surface area (Å²) in [6.45, 7) is 4.48. The topological polar surface area (TPSA) is 40.5 Å². The fourth-order valence-electron chi connectivity index (χ4n) is 2.15. The molecule has 0 spiro atoms. The molecule has 1 heterocycles. The van der Waals surface area contributed by atoms with Crippen molar-refractivity contribution in [3.63, 3.8) is 0 Å². The van der Waals surface area contributed by atoms with Gasteiger partial charge in [0.15, 0.2) is 0 Å². The number of β-amino-alcohol motifs (C(OH)–C–C–N with tert-alkyl or cyclic N) is 1. The van der Waals surface area contributed by atoms with E-state index in [1.54, 1.807) is 0 Å². The largest absolute Gasteiger partial charge is 0.391 e. The fourth-order valence-corrected chi connectivity index (χ4v) is 2.15. The second-order valence-electron chi connectivity index (χ2n) is 5.63. The second-order valence-corrected chi connectivity index (χ2v) is 5.63. The van der Waals surface area contributed by atoms with Crippen molar-refractivity contribution in [3.05, 3.63) is 35.4 Å². The molecule has 1 aliphatic rings. The van der Waals surface area contributed by atoms with Gasteiger partial charge in [0.1, 0.15) is 11.6 Å². The molecule has 0 bridgehead atoms. The summed E-state index contributed by atoms with van der Waals surface area (Å²) in [7, 11) is 0. The Kier molecular flexibility index (Phi) is 3.58. The first-order valence-electron chi connectivity index (χ1n) is 6.23. The lowest BCUT2D eigenvalue weighted by Crippen LogP contribution is -2.50. The number of benzene rings is 1. The third-order valence-electron chi connectivity index (χ3n) is 3.77. The zero-order chi connectivity index (χ0) is 14.2. The summed E-state index contributed by atoms with van der Waals surface area (Å²) in [6, 6.07) is 2.89. The van der Waals surface area contributed by atoms with Crippen LogP contribution in [0.25, 0.3) is 0 Å². The molecule has 2 rings (SSSR count). The first-order valence-corrected chi connectivity index (χ1v) is 6.23. The molecule has 0 radical (unpaired) electrons. The summed E-state index contributed by atoms with van der Waals surface area (Å²) in [5.41, 5.74) is -0.411. The molecule has 1 aromatic rings. The van der Waals surface area contributed by atoms with Gasteiger partial charge in [0.2, 0.25) is 0 Å². The number of hydrogen-bond donors (Lipinski definition) is 1. The van der Waals surface area contributed by atoms with Gasteiger partial charge in [-0.2, -0.15) is 0 Å². The molecule has 1 unspecified atom stereocenters. The van der Waals surface area contributed by atoms with Crippen LogP contribution < -0.4 is 0 Å². The molecule has 1 aliphatic heterocycles. The highest BCUT2D eigenvalue weighted by molar-refractivity contribution is 5.94. The molecule has 1 aromatic carbocycles. The minimum absolute atomic E-state index is 0.159. The van der Waals surface area contributed by atoms with E-state index >= 15 is 0 Å². The first-order chi connectivity index (χ1) is 8.81. The maximum Gasteiger partial charge on any atom is 0.256 e. The number of aliphatic hydroxyl groups is 1. The number of likely N-dealkylation sites (tertiary alicyclic amines) is 1. The number of halogens is 2. The quantitative estimate of drug-likeness (QED) is 0.849. The van der Waals surface area contributed by atoms with E-state index in [0.29, 0.717) is 19.0 Å². The molecular formula is C14H17F2NO2. The molecule has 0 aromatic heterocycles. The minimum Gasteiger partial charge on any atom is -0.391 e. The zero-order valence-electron chi connectivity index (χ0n) is 11.0. The van der Waals surface area contributed by atoms with E-state index in [-0.39, 0.29) is 17.5 Å². The summed E-state index contributed by atoms with van der Waals surface area (Å²) < 4.78 is 26.4. The molecule has 1 saturated heterocycles. The third kappa shape index (κ3) is 2.76. The SMILES string of the molecule is CC1(C)CCN(C(=O)c2ccc(F)cc2F)CC1O. The Bertz CT molecular complexity index is 502. The molecule has 1 N–H and O–H groups in total. The Balaban J connectivity index is 2.17. The molecule has 1 fully saturated rings. The molecule has 1 amide bonds. The van der Waals surface area contributed by atoms with Gasteiger partial charge in [-0.15, -0.1) is 0 Å². The van der Waals surface area contributed by atoms with Crippen LogP contribution >= 0.6 is 0 Å². The van der Waals surface area contributed by atoms with Crippen molar-refractivity contribution >= 4 is 5.91 Å². The van der Waals surface area contributed by atoms with E-state index in [4.69, 9.17) is 0 Å². The monoisotopic (exact) mass is 269 g/mol. The van der Waals surface area contributed by atoms with Gasteiger partial charge >= 0.3 is 0 Å². The van der Waals surface area contributed by atoms with Crippen LogP contribution in [0.2, 0.25) is 0 Å². The minimum atomic E-state index is -0.871. The molecule has 0 aliphatic carbocycles. The number of rotatable bonds is 1. The van der Waals surface area contributed by atoms with Crippen LogP contribution in [0.15, 0.2) is 18.2 Å². The highest BCUT2D eigenvalue weighted by Gasteiger charge is 2.36. The molecule has 19 heavy (non-hydrogen) atoms. The van der Waals surface area contributed by atoms with Gasteiger partial charge in [0, 0.05) is 19.2 Å². The Labute approximate surface area is 110 Å². The van der Waals surface area contributed by atoms with Crippen LogP contribution in [0.4, 0.5) is 8.78 Å². The highest BCUT2D eigenvalue weighted by atomic mass is 19.1. The number of aliphatic hydroxyl groups excluding tert-OH is 1. The predicted octanol–water partition coefficient (Wildman–Crippen LogP) is 2.20. The summed E-state index contributed by atoms with van der Waals surface area (Å²) >= 11 is 0. The predicted molar refractivity (Wildman–Crippen MR) is 66.7 cm³/mol. The van der Waals surface area contributed by atoms with E-state index in [9.17, 15) is 18.7 Å². The molecule has 5 heteroatoms. The number of nitrogens with zero attached hydrogens (tertiary/aromatic N) is 1. The second kappa shape index (κ2) is 4.89. The molecule has 104 valence electrons. The molecule has 0 saturated carbocycles. The lowest BCUT2D eigenvalue weighted by atomic mass is 9.80. The maximum absolute atomic E-state index is 13.6. The van der Waals surface area contributed by atoms with E-state index in [1.807, 2.05) is 13.8 Å². The molecule has 1 atom stereocenters. The van der Waals surface area contributed by atoms with Crippen LogP contribution in [-0.4, -0.2) is 35.1 Å². The van der Waals surface area contributed by atoms with Crippen molar-refractivity contribution in [2.45, 2.75) is 26.4 Å². The smallest absolute Gasteiger partial charge is 0.256 e. The van der Waals surface area contributed by atoms with E-state index < -0.39 is 23.6 Å². The third-order valence-corrected chi connectivity index (χ3v) is 3.77. The summed E-state index contributed by atoms with van der Waals surface area (Å²) in [6.07, 6.45) is -0.00313. The van der Waals surface area contributed by atoms with Crippen molar-refractivity contribution in [3.8, 4) is 0 Å². The first kappa shape index (κ1) is 13.9. The lowest BCUT2D eigenvalue weighted by molar-refractivity contribution is -0.0192. The van der Waals surface area contributed by atoms with Gasteiger partial charge in [-0.25, -0.2) is 8.78 Å². The Morgan fingerprint density at radius 2 is 2.11 bits per heavy atom. The maximum atomic E-state index is 13.6. The Morgan fingerprint density at radius 1 is 1.42 bits per heavy atom. The average Bonchev–Trinajstić information content (AvgIpc) is 2.32. The van der Waals surface area contributed by atoms with Crippen LogP contribution in [0.5, 0.6) is 0 Å². The van der Waals surface area contributed by atoms with Gasteiger partial charge in [-0.1, -0.05) is 13.8 Å². The lowest BCUT2D eigenvalue weighted by Gasteiger charge is -2.41. The van der Waals surface area contributed by atoms with E-state index in [0.717, 1.165) is 12.1 Å². The highest BCUT2D eigenvalue weighted by Crippen LogP contribution is 2.31. The van der Waals surface area contributed by atoms with Gasteiger partial charge in [-0.3, -0.25) is 4.79 Å². The summed E-state index contributed by atoms with van der Waals surface area (Å²) in [4.78, 5) is 13.5. The zero-order valence-corrected chi connectivity index (χ0v) is 11.0. The number of amides is 1. The van der Waals surface area contributed by atoms with Gasteiger partial charge in [-0.05, 0) is 24.0 Å². The molecular weight excluding hydrogens is 252 g/mol. The fraction of sp³-hybridized carbons (Fsp3) is 0.500. The van der Waals surface area contributed by atoms with Crippen molar-refractivity contribution in [1.82, 2.24) is 4.90 Å². The van der Waals surface area contributed by atoms with E-state index in [2.05, 4.69) is 0 Å². The van der Waals surface area contributed by atoms with Crippen LogP contribution in [0.3, 0.4) is 0 Å².